The summed E-state index contributed by atoms with van der Waals surface area (Å²) in [4.78, 5) is 0.276. The summed E-state index contributed by atoms with van der Waals surface area (Å²) < 4.78 is 28.0. The zero-order chi connectivity index (χ0) is 13.3. The van der Waals surface area contributed by atoms with Crippen molar-refractivity contribution in [2.75, 3.05) is 5.73 Å². The van der Waals surface area contributed by atoms with Crippen LogP contribution in [0.15, 0.2) is 23.1 Å². The lowest BCUT2D eigenvalue weighted by Gasteiger charge is -2.04. The van der Waals surface area contributed by atoms with Crippen LogP contribution in [0.1, 0.15) is 11.3 Å². The Morgan fingerprint density at radius 3 is 2.72 bits per heavy atom. The lowest BCUT2D eigenvalue weighted by molar-refractivity contribution is 0.577. The Balaban J connectivity index is 2.19. The summed E-state index contributed by atoms with van der Waals surface area (Å²) in [6, 6.07) is 3.40. The molecule has 18 heavy (non-hydrogen) atoms. The molecule has 0 spiro atoms. The third-order valence-electron chi connectivity index (χ3n) is 2.66. The molecule has 0 fully saturated rings. The second-order valence-corrected chi connectivity index (χ2v) is 4.95. The number of nitrogen functional groups attached to an aromatic ring is 1. The lowest BCUT2D eigenvalue weighted by Crippen LogP contribution is -1.99. The highest BCUT2D eigenvalue weighted by molar-refractivity contribution is 7.98. The Hall–Kier alpha value is -1.56. The van der Waals surface area contributed by atoms with E-state index in [-0.39, 0.29) is 4.90 Å². The standard InChI is InChI=1S/C12H13F2N3S/c1-7-9(12(15)17(2)16-7)6-18-11-5-8(13)3-4-10(11)14/h3-5H,6,15H2,1-2H3. The molecule has 0 aliphatic heterocycles. The van der Waals surface area contributed by atoms with E-state index in [1.807, 2.05) is 6.92 Å². The molecule has 0 atom stereocenters. The van der Waals surface area contributed by atoms with Crippen molar-refractivity contribution in [2.45, 2.75) is 17.6 Å². The van der Waals surface area contributed by atoms with Gasteiger partial charge in [-0.05, 0) is 25.1 Å². The highest BCUT2D eigenvalue weighted by Crippen LogP contribution is 2.29. The van der Waals surface area contributed by atoms with Gasteiger partial charge in [0.2, 0.25) is 0 Å². The van der Waals surface area contributed by atoms with Crippen molar-refractivity contribution < 1.29 is 8.78 Å². The van der Waals surface area contributed by atoms with Crippen LogP contribution in [0, 0.1) is 18.6 Å². The van der Waals surface area contributed by atoms with Crippen LogP contribution in [-0.2, 0) is 12.8 Å². The quantitative estimate of drug-likeness (QED) is 0.871. The Bertz CT molecular complexity index is 581. The van der Waals surface area contributed by atoms with Crippen molar-refractivity contribution >= 4 is 17.6 Å². The lowest BCUT2D eigenvalue weighted by atomic mass is 10.3. The van der Waals surface area contributed by atoms with Gasteiger partial charge in [-0.1, -0.05) is 0 Å². The molecule has 0 aliphatic rings. The van der Waals surface area contributed by atoms with E-state index in [0.717, 1.165) is 23.4 Å². The molecule has 3 nitrogen and oxygen atoms in total. The third-order valence-corrected chi connectivity index (χ3v) is 3.72. The van der Waals surface area contributed by atoms with Crippen molar-refractivity contribution in [1.82, 2.24) is 9.78 Å². The van der Waals surface area contributed by atoms with Crippen LogP contribution < -0.4 is 5.73 Å². The first-order valence-electron chi connectivity index (χ1n) is 5.35. The number of aryl methyl sites for hydroxylation is 2. The smallest absolute Gasteiger partial charge is 0.136 e. The average molecular weight is 269 g/mol. The van der Waals surface area contributed by atoms with E-state index in [0.29, 0.717) is 11.6 Å². The normalized spacial score (nSPS) is 10.9. The van der Waals surface area contributed by atoms with Gasteiger partial charge in [-0.25, -0.2) is 8.78 Å². The Labute approximate surface area is 108 Å². The van der Waals surface area contributed by atoms with E-state index in [2.05, 4.69) is 5.10 Å². The molecule has 2 N–H and O–H groups in total. The fraction of sp³-hybridized carbons (Fsp3) is 0.250. The first-order chi connectivity index (χ1) is 8.49. The number of rotatable bonds is 3. The minimum absolute atomic E-state index is 0.276. The Morgan fingerprint density at radius 2 is 2.11 bits per heavy atom. The molecule has 2 rings (SSSR count). The summed E-state index contributed by atoms with van der Waals surface area (Å²) in [5, 5.41) is 4.17. The summed E-state index contributed by atoms with van der Waals surface area (Å²) in [6.07, 6.45) is 0. The molecule has 0 aliphatic carbocycles. The predicted octanol–water partition coefficient (Wildman–Crippen LogP) is 2.88. The van der Waals surface area contributed by atoms with Crippen molar-refractivity contribution in [2.24, 2.45) is 7.05 Å². The van der Waals surface area contributed by atoms with E-state index < -0.39 is 11.6 Å². The molecule has 6 heteroatoms. The van der Waals surface area contributed by atoms with Gasteiger partial charge < -0.3 is 5.73 Å². The van der Waals surface area contributed by atoms with Crippen molar-refractivity contribution in [3.63, 3.8) is 0 Å². The zero-order valence-corrected chi connectivity index (χ0v) is 10.9. The second kappa shape index (κ2) is 4.97. The largest absolute Gasteiger partial charge is 0.384 e. The van der Waals surface area contributed by atoms with Crippen LogP contribution in [0.2, 0.25) is 0 Å². The molecule has 0 saturated carbocycles. The number of hydrogen-bond donors (Lipinski definition) is 1. The number of anilines is 1. The van der Waals surface area contributed by atoms with Gasteiger partial charge in [0.15, 0.2) is 0 Å². The number of nitrogens with two attached hydrogens (primary N) is 1. The van der Waals surface area contributed by atoms with E-state index >= 15 is 0 Å². The maximum Gasteiger partial charge on any atom is 0.136 e. The summed E-state index contributed by atoms with van der Waals surface area (Å²) in [5.41, 5.74) is 7.51. The highest BCUT2D eigenvalue weighted by atomic mass is 32.2. The summed E-state index contributed by atoms with van der Waals surface area (Å²) in [7, 11) is 1.75. The van der Waals surface area contributed by atoms with E-state index in [4.69, 9.17) is 5.73 Å². The van der Waals surface area contributed by atoms with Crippen LogP contribution in [0.3, 0.4) is 0 Å². The van der Waals surface area contributed by atoms with Gasteiger partial charge in [0, 0.05) is 23.3 Å². The van der Waals surface area contributed by atoms with E-state index in [9.17, 15) is 8.78 Å². The van der Waals surface area contributed by atoms with Gasteiger partial charge in [0.1, 0.15) is 17.5 Å². The molecule has 2 aromatic rings. The average Bonchev–Trinajstić information content (AvgIpc) is 2.55. The Kier molecular flexibility index (Phi) is 3.56. The maximum atomic E-state index is 13.4. The molecule has 1 heterocycles. The Morgan fingerprint density at radius 1 is 1.39 bits per heavy atom. The zero-order valence-electron chi connectivity index (χ0n) is 10.1. The summed E-state index contributed by atoms with van der Waals surface area (Å²) in [5.74, 6) is 0.138. The molecule has 1 aromatic heterocycles. The molecule has 0 saturated heterocycles. The van der Waals surface area contributed by atoms with Gasteiger partial charge in [-0.3, -0.25) is 4.68 Å². The molecular formula is C12H13F2N3S. The molecule has 1 aromatic carbocycles. The number of thioether (sulfide) groups is 1. The fourth-order valence-electron chi connectivity index (χ4n) is 1.64. The molecule has 0 bridgehead atoms. The maximum absolute atomic E-state index is 13.4. The number of aromatic nitrogens is 2. The monoisotopic (exact) mass is 269 g/mol. The van der Waals surface area contributed by atoms with E-state index in [1.165, 1.54) is 17.8 Å². The topological polar surface area (TPSA) is 43.8 Å². The fourth-order valence-corrected chi connectivity index (χ4v) is 2.69. The second-order valence-electron chi connectivity index (χ2n) is 3.94. The SMILES string of the molecule is Cc1nn(C)c(N)c1CSc1cc(F)ccc1F. The van der Waals surface area contributed by atoms with Crippen LogP contribution in [0.4, 0.5) is 14.6 Å². The number of hydrogen-bond acceptors (Lipinski definition) is 3. The number of halogens is 2. The van der Waals surface area contributed by atoms with E-state index in [1.54, 1.807) is 11.7 Å². The van der Waals surface area contributed by atoms with Crippen molar-refractivity contribution in [1.29, 1.82) is 0 Å². The minimum atomic E-state index is -0.449. The molecule has 0 radical (unpaired) electrons. The molecule has 96 valence electrons. The first kappa shape index (κ1) is 12.9. The van der Waals surface area contributed by atoms with Crippen LogP contribution in [0.5, 0.6) is 0 Å². The van der Waals surface area contributed by atoms with Crippen molar-refractivity contribution in [3.05, 3.63) is 41.1 Å². The summed E-state index contributed by atoms with van der Waals surface area (Å²) >= 11 is 1.21. The predicted molar refractivity (Wildman–Crippen MR) is 68.3 cm³/mol. The number of benzene rings is 1. The number of nitrogens with zero attached hydrogens (tertiary/aromatic N) is 2. The molecule has 0 amide bonds. The van der Waals surface area contributed by atoms with Crippen molar-refractivity contribution in [3.8, 4) is 0 Å². The minimum Gasteiger partial charge on any atom is -0.384 e. The van der Waals surface area contributed by atoms with Gasteiger partial charge in [-0.15, -0.1) is 11.8 Å². The molecular weight excluding hydrogens is 256 g/mol. The van der Waals surface area contributed by atoms with Gasteiger partial charge >= 0.3 is 0 Å². The molecule has 0 unspecified atom stereocenters. The van der Waals surface area contributed by atoms with Crippen LogP contribution in [0.25, 0.3) is 0 Å². The van der Waals surface area contributed by atoms with Gasteiger partial charge in [0.05, 0.1) is 5.69 Å². The summed E-state index contributed by atoms with van der Waals surface area (Å²) in [6.45, 7) is 1.84. The highest BCUT2D eigenvalue weighted by Gasteiger charge is 2.12. The third kappa shape index (κ3) is 2.48. The van der Waals surface area contributed by atoms with Crippen LogP contribution >= 0.6 is 11.8 Å². The van der Waals surface area contributed by atoms with Gasteiger partial charge in [-0.2, -0.15) is 5.10 Å². The first-order valence-corrected chi connectivity index (χ1v) is 6.33. The van der Waals surface area contributed by atoms with Crippen LogP contribution in [-0.4, -0.2) is 9.78 Å². The van der Waals surface area contributed by atoms with Gasteiger partial charge in [0.25, 0.3) is 0 Å².